The number of carbonyl (C=O) groups is 2. The maximum atomic E-state index is 11.9. The molecule has 0 unspecified atom stereocenters. The second-order valence-corrected chi connectivity index (χ2v) is 3.29. The minimum Gasteiger partial charge on any atom is -0.294 e. The Morgan fingerprint density at radius 3 is 2.38 bits per heavy atom. The zero-order valence-electron chi connectivity index (χ0n) is 8.63. The predicted molar refractivity (Wildman–Crippen MR) is 48.0 cm³/mol. The normalized spacial score (nSPS) is 11.6. The van der Waals surface area contributed by atoms with Gasteiger partial charge in [-0.25, -0.2) is 0 Å². The number of hydrogen-bond acceptors (Lipinski definition) is 3. The zero-order chi connectivity index (χ0) is 12.5. The Hall–Kier alpha value is -1.66. The van der Waals surface area contributed by atoms with E-state index in [1.54, 1.807) is 7.05 Å². The summed E-state index contributed by atoms with van der Waals surface area (Å²) in [6.07, 6.45) is -4.98. The molecule has 1 rings (SSSR count). The molecule has 4 nitrogen and oxygen atoms in total. The Morgan fingerprint density at radius 1 is 1.44 bits per heavy atom. The van der Waals surface area contributed by atoms with Gasteiger partial charge in [0.2, 0.25) is 5.78 Å². The average molecular weight is 234 g/mol. The van der Waals surface area contributed by atoms with Crippen LogP contribution in [0.4, 0.5) is 13.2 Å². The molecule has 88 valence electrons. The smallest absolute Gasteiger partial charge is 0.294 e. The number of hydrogen-bond donors (Lipinski definition) is 0. The van der Waals surface area contributed by atoms with Crippen LogP contribution in [0, 0.1) is 6.92 Å². The molecule has 16 heavy (non-hydrogen) atoms. The molecule has 0 saturated heterocycles. The van der Waals surface area contributed by atoms with E-state index in [2.05, 4.69) is 5.10 Å². The van der Waals surface area contributed by atoms with Crippen LogP contribution in [0.5, 0.6) is 0 Å². The van der Waals surface area contributed by atoms with E-state index in [4.69, 9.17) is 0 Å². The van der Waals surface area contributed by atoms with Crippen molar-refractivity contribution in [1.29, 1.82) is 0 Å². The van der Waals surface area contributed by atoms with Gasteiger partial charge in [0.1, 0.15) is 0 Å². The Kier molecular flexibility index (Phi) is 3.16. The van der Waals surface area contributed by atoms with Gasteiger partial charge in [-0.2, -0.15) is 18.3 Å². The van der Waals surface area contributed by atoms with Gasteiger partial charge < -0.3 is 0 Å². The summed E-state index contributed by atoms with van der Waals surface area (Å²) in [5.74, 6) is -2.91. The van der Waals surface area contributed by atoms with E-state index in [1.807, 2.05) is 0 Å². The number of halogens is 3. The minimum absolute atomic E-state index is 0.0418. The van der Waals surface area contributed by atoms with Gasteiger partial charge in [-0.3, -0.25) is 14.3 Å². The van der Waals surface area contributed by atoms with E-state index in [9.17, 15) is 22.8 Å². The fourth-order valence-electron chi connectivity index (χ4n) is 1.11. The summed E-state index contributed by atoms with van der Waals surface area (Å²) in [5.41, 5.74) is 0.472. The second-order valence-electron chi connectivity index (χ2n) is 3.29. The molecule has 1 heterocycles. The first-order valence-electron chi connectivity index (χ1n) is 4.35. The lowest BCUT2D eigenvalue weighted by atomic mass is 10.1. The number of rotatable bonds is 3. The highest BCUT2D eigenvalue weighted by molar-refractivity contribution is 6.09. The quantitative estimate of drug-likeness (QED) is 0.587. The maximum Gasteiger partial charge on any atom is 0.450 e. The highest BCUT2D eigenvalue weighted by Gasteiger charge is 2.39. The molecular formula is C9H9F3N2O2. The average Bonchev–Trinajstić information content (AvgIpc) is 2.46. The van der Waals surface area contributed by atoms with Gasteiger partial charge in [-0.15, -0.1) is 0 Å². The molecule has 0 aromatic carbocycles. The van der Waals surface area contributed by atoms with E-state index in [0.29, 0.717) is 5.69 Å². The Labute approximate surface area is 89.0 Å². The Morgan fingerprint density at radius 2 is 2.00 bits per heavy atom. The summed E-state index contributed by atoms with van der Waals surface area (Å²) in [4.78, 5) is 22.0. The monoisotopic (exact) mass is 234 g/mol. The first-order valence-corrected chi connectivity index (χ1v) is 4.35. The Bertz CT molecular complexity index is 434. The molecule has 0 amide bonds. The van der Waals surface area contributed by atoms with E-state index in [-0.39, 0.29) is 5.56 Å². The largest absolute Gasteiger partial charge is 0.450 e. The lowest BCUT2D eigenvalue weighted by Crippen LogP contribution is -2.25. The number of carbonyl (C=O) groups excluding carboxylic acids is 2. The number of Topliss-reactive ketones (excluding diaryl/α,β-unsaturated/α-hetero) is 2. The standard InChI is InChI=1S/C9H9F3N2O2/c1-5-6(4-13-14(5)2)7(15)3-8(16)9(10,11)12/h4H,3H2,1-2H3. The number of aryl methyl sites for hydroxylation is 1. The van der Waals surface area contributed by atoms with Crippen LogP contribution in [0.1, 0.15) is 22.5 Å². The van der Waals surface area contributed by atoms with Crippen molar-refractivity contribution < 1.29 is 22.8 Å². The molecule has 7 heteroatoms. The molecule has 0 N–H and O–H groups in total. The highest BCUT2D eigenvalue weighted by Crippen LogP contribution is 2.19. The zero-order valence-corrected chi connectivity index (χ0v) is 8.63. The van der Waals surface area contributed by atoms with Gasteiger partial charge in [0.25, 0.3) is 0 Å². The molecule has 0 spiro atoms. The van der Waals surface area contributed by atoms with Gasteiger partial charge in [0, 0.05) is 12.7 Å². The Balaban J connectivity index is 2.82. The van der Waals surface area contributed by atoms with Crippen LogP contribution in [0.2, 0.25) is 0 Å². The molecule has 1 aromatic rings. The van der Waals surface area contributed by atoms with Crippen molar-refractivity contribution in [3.63, 3.8) is 0 Å². The summed E-state index contributed by atoms with van der Waals surface area (Å²) in [7, 11) is 1.55. The molecule has 0 aliphatic rings. The first kappa shape index (κ1) is 12.4. The minimum atomic E-state index is -4.97. The van der Waals surface area contributed by atoms with Gasteiger partial charge in [-0.1, -0.05) is 0 Å². The van der Waals surface area contributed by atoms with Gasteiger partial charge >= 0.3 is 6.18 Å². The molecule has 0 radical (unpaired) electrons. The summed E-state index contributed by atoms with van der Waals surface area (Å²) < 4.78 is 37.1. The van der Waals surface area contributed by atoms with E-state index in [1.165, 1.54) is 11.6 Å². The molecule has 0 fully saturated rings. The SMILES string of the molecule is Cc1c(C(=O)CC(=O)C(F)(F)F)cnn1C. The van der Waals surface area contributed by atoms with Crippen LogP contribution in [0.3, 0.4) is 0 Å². The molecule has 0 aliphatic heterocycles. The number of ketones is 2. The first-order chi connectivity index (χ1) is 7.23. The van der Waals surface area contributed by atoms with Gasteiger partial charge in [-0.05, 0) is 6.92 Å². The predicted octanol–water partition coefficient (Wildman–Crippen LogP) is 1.43. The number of alkyl halides is 3. The van der Waals surface area contributed by atoms with Crippen LogP contribution in [0.25, 0.3) is 0 Å². The van der Waals surface area contributed by atoms with Crippen LogP contribution in [0.15, 0.2) is 6.20 Å². The lowest BCUT2D eigenvalue weighted by molar-refractivity contribution is -0.170. The van der Waals surface area contributed by atoms with Gasteiger partial charge in [0.15, 0.2) is 5.78 Å². The number of nitrogens with zero attached hydrogens (tertiary/aromatic N) is 2. The van der Waals surface area contributed by atoms with Crippen LogP contribution in [-0.2, 0) is 11.8 Å². The second kappa shape index (κ2) is 4.07. The fourth-order valence-corrected chi connectivity index (χ4v) is 1.11. The van der Waals surface area contributed by atoms with Crippen molar-refractivity contribution in [2.24, 2.45) is 7.05 Å². The third-order valence-corrected chi connectivity index (χ3v) is 2.17. The van der Waals surface area contributed by atoms with Crippen molar-refractivity contribution in [1.82, 2.24) is 9.78 Å². The summed E-state index contributed by atoms with van der Waals surface area (Å²) in [5, 5.41) is 3.71. The summed E-state index contributed by atoms with van der Waals surface area (Å²) in [6, 6.07) is 0. The summed E-state index contributed by atoms with van der Waals surface area (Å²) >= 11 is 0. The van der Waals surface area contributed by atoms with E-state index in [0.717, 1.165) is 6.20 Å². The van der Waals surface area contributed by atoms with E-state index < -0.39 is 24.2 Å². The lowest BCUT2D eigenvalue weighted by Gasteiger charge is -2.03. The maximum absolute atomic E-state index is 11.9. The van der Waals surface area contributed by atoms with Crippen molar-refractivity contribution in [2.75, 3.05) is 0 Å². The van der Waals surface area contributed by atoms with Crippen LogP contribution >= 0.6 is 0 Å². The summed E-state index contributed by atoms with van der Waals surface area (Å²) in [6.45, 7) is 1.54. The van der Waals surface area contributed by atoms with E-state index >= 15 is 0 Å². The molecule has 0 saturated carbocycles. The van der Waals surface area contributed by atoms with Crippen molar-refractivity contribution >= 4 is 11.6 Å². The molecule has 0 atom stereocenters. The van der Waals surface area contributed by atoms with Crippen LogP contribution in [-0.4, -0.2) is 27.5 Å². The van der Waals surface area contributed by atoms with Crippen molar-refractivity contribution in [2.45, 2.75) is 19.5 Å². The van der Waals surface area contributed by atoms with Crippen molar-refractivity contribution in [3.8, 4) is 0 Å². The van der Waals surface area contributed by atoms with Gasteiger partial charge in [0.05, 0.1) is 18.2 Å². The third kappa shape index (κ3) is 2.47. The molecule has 0 aliphatic carbocycles. The third-order valence-electron chi connectivity index (χ3n) is 2.17. The topological polar surface area (TPSA) is 52.0 Å². The highest BCUT2D eigenvalue weighted by atomic mass is 19.4. The van der Waals surface area contributed by atoms with Crippen molar-refractivity contribution in [3.05, 3.63) is 17.5 Å². The number of aromatic nitrogens is 2. The molecular weight excluding hydrogens is 225 g/mol. The molecule has 1 aromatic heterocycles. The molecule has 0 bridgehead atoms. The van der Waals surface area contributed by atoms with Crippen LogP contribution < -0.4 is 0 Å². The fraction of sp³-hybridized carbons (Fsp3) is 0.444.